The molecule has 4 rings (SSSR count). The van der Waals surface area contributed by atoms with Crippen LogP contribution in [0.5, 0.6) is 5.75 Å². The number of urea groups is 1. The van der Waals surface area contributed by atoms with Crippen molar-refractivity contribution in [3.8, 4) is 5.75 Å². The van der Waals surface area contributed by atoms with Crippen molar-refractivity contribution in [2.75, 3.05) is 25.0 Å². The summed E-state index contributed by atoms with van der Waals surface area (Å²) in [4.78, 5) is 33.4. The van der Waals surface area contributed by atoms with Crippen molar-refractivity contribution in [2.45, 2.75) is 19.6 Å². The maximum Gasteiger partial charge on any atom is 0.418 e. The molecule has 11 heteroatoms. The summed E-state index contributed by atoms with van der Waals surface area (Å²) in [5.41, 5.74) is 0.509. The van der Waals surface area contributed by atoms with Crippen LogP contribution in [-0.4, -0.2) is 52.8 Å². The molecule has 2 N–H and O–H groups in total. The van der Waals surface area contributed by atoms with Gasteiger partial charge < -0.3 is 24.5 Å². The second-order valence-corrected chi connectivity index (χ2v) is 7.03. The van der Waals surface area contributed by atoms with E-state index in [2.05, 4.69) is 20.6 Å². The van der Waals surface area contributed by atoms with Crippen LogP contribution in [0.2, 0.25) is 5.28 Å². The first-order valence-corrected chi connectivity index (χ1v) is 10.0. The maximum atomic E-state index is 11.9. The standard InChI is InChI=1S/C20H20ClN5O5/c1-2-22-19(27)26-10-13(31-20(26)28)11-30-15-7-3-6-14-16(15)24-18(21)25-17(14)23-9-12-5-4-8-29-12/h3-8,13H,2,9-11H2,1H3,(H,22,27)(H,23,24,25). The minimum Gasteiger partial charge on any atom is -0.487 e. The van der Waals surface area contributed by atoms with Crippen molar-refractivity contribution >= 4 is 40.4 Å². The molecule has 0 radical (unpaired) electrons. The number of cyclic esters (lactones) is 1. The molecule has 0 bridgehead atoms. The van der Waals surface area contributed by atoms with Gasteiger partial charge in [0.1, 0.15) is 29.5 Å². The van der Waals surface area contributed by atoms with Crippen molar-refractivity contribution in [3.05, 3.63) is 47.6 Å². The van der Waals surface area contributed by atoms with Gasteiger partial charge in [-0.3, -0.25) is 0 Å². The predicted octanol–water partition coefficient (Wildman–Crippen LogP) is 3.42. The monoisotopic (exact) mass is 445 g/mol. The van der Waals surface area contributed by atoms with Crippen LogP contribution in [0.15, 0.2) is 41.0 Å². The number of amides is 3. The number of rotatable bonds is 7. The molecule has 3 amide bonds. The normalized spacial score (nSPS) is 15.7. The number of ether oxygens (including phenoxy) is 2. The summed E-state index contributed by atoms with van der Waals surface area (Å²) in [6.45, 7) is 2.76. The van der Waals surface area contributed by atoms with E-state index in [0.717, 1.165) is 10.7 Å². The number of furan rings is 1. The lowest BCUT2D eigenvalue weighted by Gasteiger charge is -2.14. The van der Waals surface area contributed by atoms with Crippen LogP contribution in [0.3, 0.4) is 0 Å². The largest absolute Gasteiger partial charge is 0.487 e. The minimum absolute atomic E-state index is 0.0531. The lowest BCUT2D eigenvalue weighted by Crippen LogP contribution is -2.41. The molecular formula is C20H20ClN5O5. The topological polar surface area (TPSA) is 119 Å². The van der Waals surface area contributed by atoms with Gasteiger partial charge in [-0.05, 0) is 42.8 Å². The summed E-state index contributed by atoms with van der Waals surface area (Å²) in [5.74, 6) is 1.73. The fourth-order valence-corrected chi connectivity index (χ4v) is 3.31. The highest BCUT2D eigenvalue weighted by Gasteiger charge is 2.36. The number of benzene rings is 1. The summed E-state index contributed by atoms with van der Waals surface area (Å²) in [6.07, 6.45) is 0.295. The molecule has 162 valence electrons. The van der Waals surface area contributed by atoms with Gasteiger partial charge in [-0.2, -0.15) is 0 Å². The Morgan fingerprint density at radius 3 is 2.97 bits per heavy atom. The van der Waals surface area contributed by atoms with Crippen LogP contribution in [0.1, 0.15) is 12.7 Å². The zero-order valence-electron chi connectivity index (χ0n) is 16.6. The number of fused-ring (bicyclic) bond motifs is 1. The average molecular weight is 446 g/mol. The summed E-state index contributed by atoms with van der Waals surface area (Å²) in [7, 11) is 0. The predicted molar refractivity (Wildman–Crippen MR) is 112 cm³/mol. The van der Waals surface area contributed by atoms with E-state index in [0.29, 0.717) is 35.6 Å². The van der Waals surface area contributed by atoms with Crippen molar-refractivity contribution in [3.63, 3.8) is 0 Å². The number of imide groups is 1. The third-order valence-electron chi connectivity index (χ3n) is 4.54. The number of hydrogen-bond donors (Lipinski definition) is 2. The second kappa shape index (κ2) is 9.09. The van der Waals surface area contributed by atoms with E-state index < -0.39 is 18.2 Å². The third kappa shape index (κ3) is 4.64. The summed E-state index contributed by atoms with van der Waals surface area (Å²) in [6, 6.07) is 8.53. The smallest absolute Gasteiger partial charge is 0.418 e. The molecule has 1 saturated heterocycles. The van der Waals surface area contributed by atoms with Crippen LogP contribution in [-0.2, 0) is 11.3 Å². The number of carbonyl (C=O) groups excluding carboxylic acids is 2. The highest BCUT2D eigenvalue weighted by atomic mass is 35.5. The Kier molecular flexibility index (Phi) is 6.08. The lowest BCUT2D eigenvalue weighted by atomic mass is 10.2. The SMILES string of the molecule is CCNC(=O)N1CC(COc2cccc3c(NCc4ccco4)nc(Cl)nc23)OC1=O. The Labute approximate surface area is 182 Å². The highest BCUT2D eigenvalue weighted by molar-refractivity contribution is 6.29. The van der Waals surface area contributed by atoms with Gasteiger partial charge in [0.15, 0.2) is 6.10 Å². The first-order chi connectivity index (χ1) is 15.0. The number of carbonyl (C=O) groups is 2. The fraction of sp³-hybridized carbons (Fsp3) is 0.300. The molecule has 1 fully saturated rings. The van der Waals surface area contributed by atoms with Gasteiger partial charge in [-0.25, -0.2) is 24.5 Å². The summed E-state index contributed by atoms with van der Waals surface area (Å²) in [5, 5.41) is 6.52. The van der Waals surface area contributed by atoms with E-state index in [4.69, 9.17) is 25.5 Å². The Balaban J connectivity index is 1.48. The molecular weight excluding hydrogens is 426 g/mol. The number of aromatic nitrogens is 2. The molecule has 0 aliphatic carbocycles. The Morgan fingerprint density at radius 2 is 2.19 bits per heavy atom. The lowest BCUT2D eigenvalue weighted by molar-refractivity contribution is 0.104. The summed E-state index contributed by atoms with van der Waals surface area (Å²) < 4.78 is 16.4. The number of nitrogens with zero attached hydrogens (tertiary/aromatic N) is 3. The van der Waals surface area contributed by atoms with Crippen molar-refractivity contribution < 1.29 is 23.5 Å². The van der Waals surface area contributed by atoms with Crippen molar-refractivity contribution in [2.24, 2.45) is 0 Å². The van der Waals surface area contributed by atoms with Gasteiger partial charge in [0, 0.05) is 11.9 Å². The van der Waals surface area contributed by atoms with Crippen LogP contribution >= 0.6 is 11.6 Å². The molecule has 0 saturated carbocycles. The third-order valence-corrected chi connectivity index (χ3v) is 4.71. The van der Waals surface area contributed by atoms with Gasteiger partial charge in [0.2, 0.25) is 5.28 Å². The van der Waals surface area contributed by atoms with Crippen molar-refractivity contribution in [1.82, 2.24) is 20.2 Å². The molecule has 1 atom stereocenters. The van der Waals surface area contributed by atoms with E-state index >= 15 is 0 Å². The first kappa shape index (κ1) is 20.7. The van der Waals surface area contributed by atoms with Crippen LogP contribution in [0.25, 0.3) is 10.9 Å². The van der Waals surface area contributed by atoms with E-state index in [-0.39, 0.29) is 18.4 Å². The second-order valence-electron chi connectivity index (χ2n) is 6.69. The average Bonchev–Trinajstić information content (AvgIpc) is 3.40. The minimum atomic E-state index is -0.702. The molecule has 3 aromatic rings. The Morgan fingerprint density at radius 1 is 1.32 bits per heavy atom. The van der Waals surface area contributed by atoms with Crippen LogP contribution in [0, 0.1) is 0 Å². The molecule has 2 aromatic heterocycles. The number of halogens is 1. The van der Waals surface area contributed by atoms with E-state index in [1.165, 1.54) is 0 Å². The number of hydrogen-bond acceptors (Lipinski definition) is 8. The molecule has 1 unspecified atom stereocenters. The van der Waals surface area contributed by atoms with Gasteiger partial charge in [-0.15, -0.1) is 0 Å². The van der Waals surface area contributed by atoms with Gasteiger partial charge >= 0.3 is 12.1 Å². The van der Waals surface area contributed by atoms with E-state index in [9.17, 15) is 9.59 Å². The highest BCUT2D eigenvalue weighted by Crippen LogP contribution is 2.30. The molecule has 10 nitrogen and oxygen atoms in total. The maximum absolute atomic E-state index is 11.9. The van der Waals surface area contributed by atoms with Gasteiger partial charge in [-0.1, -0.05) is 6.07 Å². The molecule has 1 aliphatic rings. The number of para-hydroxylation sites is 1. The van der Waals surface area contributed by atoms with Crippen LogP contribution in [0.4, 0.5) is 15.4 Å². The van der Waals surface area contributed by atoms with Gasteiger partial charge in [0.05, 0.1) is 19.4 Å². The molecule has 0 spiro atoms. The number of nitrogens with one attached hydrogen (secondary N) is 2. The van der Waals surface area contributed by atoms with Gasteiger partial charge in [0.25, 0.3) is 0 Å². The molecule has 1 aromatic carbocycles. The fourth-order valence-electron chi connectivity index (χ4n) is 3.14. The molecule has 1 aliphatic heterocycles. The Bertz CT molecular complexity index is 1090. The van der Waals surface area contributed by atoms with E-state index in [1.54, 1.807) is 31.4 Å². The zero-order valence-corrected chi connectivity index (χ0v) is 17.4. The number of anilines is 1. The van der Waals surface area contributed by atoms with Crippen molar-refractivity contribution in [1.29, 1.82) is 0 Å². The quantitative estimate of drug-likeness (QED) is 0.531. The first-order valence-electron chi connectivity index (χ1n) is 9.66. The molecule has 31 heavy (non-hydrogen) atoms. The molecule has 3 heterocycles. The zero-order chi connectivity index (χ0) is 21.8. The Hall–Kier alpha value is -3.53. The summed E-state index contributed by atoms with van der Waals surface area (Å²) >= 11 is 6.12. The van der Waals surface area contributed by atoms with Crippen LogP contribution < -0.4 is 15.4 Å². The van der Waals surface area contributed by atoms with E-state index in [1.807, 2.05) is 12.1 Å².